The van der Waals surface area contributed by atoms with Crippen LogP contribution in [0.3, 0.4) is 0 Å². The molecule has 1 N–H and O–H groups in total. The third-order valence-electron chi connectivity index (χ3n) is 5.53. The van der Waals surface area contributed by atoms with Crippen LogP contribution in [-0.4, -0.2) is 36.5 Å². The minimum Gasteiger partial charge on any atom is -0.486 e. The Kier molecular flexibility index (Phi) is 5.69. The molecule has 0 aliphatic carbocycles. The van der Waals surface area contributed by atoms with Crippen molar-refractivity contribution in [3.8, 4) is 11.5 Å². The van der Waals surface area contributed by atoms with Crippen LogP contribution in [-0.2, 0) is 22.6 Å². The van der Waals surface area contributed by atoms with Gasteiger partial charge in [0.2, 0.25) is 11.8 Å². The van der Waals surface area contributed by atoms with Crippen molar-refractivity contribution in [2.75, 3.05) is 25.1 Å². The molecule has 2 aliphatic rings. The number of hydrogen-bond donors (Lipinski definition) is 1. The molecule has 4 rings (SSSR count). The molecule has 1 atom stereocenters. The maximum atomic E-state index is 12.8. The first-order valence-electron chi connectivity index (χ1n) is 10.2. The lowest BCUT2D eigenvalue weighted by atomic mass is 9.89. The van der Waals surface area contributed by atoms with E-state index in [2.05, 4.69) is 5.32 Å². The molecule has 0 fully saturated rings. The molecule has 6 heteroatoms. The van der Waals surface area contributed by atoms with Gasteiger partial charge in [-0.05, 0) is 49.1 Å². The highest BCUT2D eigenvalue weighted by Crippen LogP contribution is 2.31. The molecule has 0 aromatic heterocycles. The zero-order valence-corrected chi connectivity index (χ0v) is 16.6. The van der Waals surface area contributed by atoms with Crippen molar-refractivity contribution in [3.63, 3.8) is 0 Å². The van der Waals surface area contributed by atoms with Crippen molar-refractivity contribution in [1.29, 1.82) is 0 Å². The molecule has 152 valence electrons. The lowest BCUT2D eigenvalue weighted by Gasteiger charge is -2.26. The number of anilines is 1. The van der Waals surface area contributed by atoms with Gasteiger partial charge in [0.05, 0.1) is 0 Å². The second-order valence-corrected chi connectivity index (χ2v) is 7.47. The number of fused-ring (bicyclic) bond motifs is 2. The smallest absolute Gasteiger partial charge is 0.227 e. The van der Waals surface area contributed by atoms with Gasteiger partial charge in [0.1, 0.15) is 13.2 Å². The van der Waals surface area contributed by atoms with E-state index in [0.717, 1.165) is 28.3 Å². The Morgan fingerprint density at radius 2 is 1.93 bits per heavy atom. The Morgan fingerprint density at radius 3 is 2.76 bits per heavy atom. The first-order chi connectivity index (χ1) is 14.1. The maximum Gasteiger partial charge on any atom is 0.227 e. The first kappa shape index (κ1) is 19.3. The van der Waals surface area contributed by atoms with Crippen LogP contribution in [0.5, 0.6) is 11.5 Å². The predicted molar refractivity (Wildman–Crippen MR) is 110 cm³/mol. The molecule has 0 bridgehead atoms. The standard InChI is InChI=1S/C23H26N2O4/c1-2-25(15-16-7-9-20-21(13-16)29-12-11-28-20)22(26)10-8-18-14-17-5-3-4-6-19(17)24-23(18)27/h3-7,9,13,18H,2,8,10-12,14-15H2,1H3,(H,24,27). The molecule has 2 aromatic rings. The summed E-state index contributed by atoms with van der Waals surface area (Å²) < 4.78 is 11.2. The number of rotatable bonds is 6. The van der Waals surface area contributed by atoms with Gasteiger partial charge in [-0.3, -0.25) is 9.59 Å². The fraction of sp³-hybridized carbons (Fsp3) is 0.391. The zero-order valence-electron chi connectivity index (χ0n) is 16.6. The fourth-order valence-electron chi connectivity index (χ4n) is 3.89. The average molecular weight is 394 g/mol. The average Bonchev–Trinajstić information content (AvgIpc) is 2.75. The molecule has 2 amide bonds. The molecule has 0 spiro atoms. The lowest BCUT2D eigenvalue weighted by molar-refractivity contribution is -0.132. The van der Waals surface area contributed by atoms with Crippen molar-refractivity contribution in [2.24, 2.45) is 5.92 Å². The van der Waals surface area contributed by atoms with Gasteiger partial charge in [-0.25, -0.2) is 0 Å². The van der Waals surface area contributed by atoms with Crippen LogP contribution in [0.2, 0.25) is 0 Å². The van der Waals surface area contributed by atoms with Crippen LogP contribution in [0, 0.1) is 5.92 Å². The molecule has 2 aliphatic heterocycles. The number of carbonyl (C=O) groups excluding carboxylic acids is 2. The largest absolute Gasteiger partial charge is 0.486 e. The third-order valence-corrected chi connectivity index (χ3v) is 5.53. The first-order valence-corrected chi connectivity index (χ1v) is 10.2. The van der Waals surface area contributed by atoms with E-state index in [-0.39, 0.29) is 17.7 Å². The van der Waals surface area contributed by atoms with Crippen molar-refractivity contribution in [3.05, 3.63) is 53.6 Å². The van der Waals surface area contributed by atoms with Crippen LogP contribution >= 0.6 is 0 Å². The van der Waals surface area contributed by atoms with Crippen LogP contribution in [0.1, 0.15) is 30.9 Å². The molecule has 2 aromatic carbocycles. The van der Waals surface area contributed by atoms with E-state index < -0.39 is 0 Å². The fourth-order valence-corrected chi connectivity index (χ4v) is 3.89. The SMILES string of the molecule is CCN(Cc1ccc2c(c1)OCCO2)C(=O)CCC1Cc2ccccc2NC1=O. The number of hydrogen-bond acceptors (Lipinski definition) is 4. The second kappa shape index (κ2) is 8.55. The van der Waals surface area contributed by atoms with Crippen molar-refractivity contribution in [2.45, 2.75) is 32.7 Å². The van der Waals surface area contributed by atoms with Gasteiger partial charge in [-0.1, -0.05) is 24.3 Å². The van der Waals surface area contributed by atoms with Crippen molar-refractivity contribution >= 4 is 17.5 Å². The summed E-state index contributed by atoms with van der Waals surface area (Å²) in [5, 5.41) is 2.96. The van der Waals surface area contributed by atoms with Gasteiger partial charge in [-0.2, -0.15) is 0 Å². The van der Waals surface area contributed by atoms with Gasteiger partial charge in [0.15, 0.2) is 11.5 Å². The molecule has 2 heterocycles. The lowest BCUT2D eigenvalue weighted by Crippen LogP contribution is -2.33. The van der Waals surface area contributed by atoms with Gasteiger partial charge >= 0.3 is 0 Å². The van der Waals surface area contributed by atoms with E-state index in [1.807, 2.05) is 54.3 Å². The summed E-state index contributed by atoms with van der Waals surface area (Å²) in [7, 11) is 0. The van der Waals surface area contributed by atoms with Gasteiger partial charge in [0, 0.05) is 31.1 Å². The summed E-state index contributed by atoms with van der Waals surface area (Å²) in [6.45, 7) is 4.21. The number of nitrogens with zero attached hydrogens (tertiary/aromatic N) is 1. The van der Waals surface area contributed by atoms with Crippen molar-refractivity contribution in [1.82, 2.24) is 4.90 Å². The maximum absolute atomic E-state index is 12.8. The topological polar surface area (TPSA) is 67.9 Å². The number of benzene rings is 2. The monoisotopic (exact) mass is 394 g/mol. The third kappa shape index (κ3) is 4.36. The quantitative estimate of drug-likeness (QED) is 0.815. The Labute approximate surface area is 170 Å². The van der Waals surface area contributed by atoms with E-state index in [1.165, 1.54) is 0 Å². The summed E-state index contributed by atoms with van der Waals surface area (Å²) in [6.07, 6.45) is 1.60. The Morgan fingerprint density at radius 1 is 1.14 bits per heavy atom. The number of para-hydroxylation sites is 1. The van der Waals surface area contributed by atoms with E-state index >= 15 is 0 Å². The highest BCUT2D eigenvalue weighted by Gasteiger charge is 2.27. The van der Waals surface area contributed by atoms with Crippen LogP contribution in [0.15, 0.2) is 42.5 Å². The minimum atomic E-state index is -0.165. The summed E-state index contributed by atoms with van der Waals surface area (Å²) in [4.78, 5) is 27.0. The molecule has 6 nitrogen and oxygen atoms in total. The Balaban J connectivity index is 1.35. The number of ether oxygens (including phenoxy) is 2. The summed E-state index contributed by atoms with van der Waals surface area (Å²) in [5.41, 5.74) is 3.02. The summed E-state index contributed by atoms with van der Waals surface area (Å²) >= 11 is 0. The van der Waals surface area contributed by atoms with E-state index in [0.29, 0.717) is 45.6 Å². The normalized spacial score (nSPS) is 17.3. The number of nitrogens with one attached hydrogen (secondary N) is 1. The molecule has 0 saturated carbocycles. The Bertz CT molecular complexity index is 912. The Hall–Kier alpha value is -3.02. The molecule has 29 heavy (non-hydrogen) atoms. The molecule has 0 radical (unpaired) electrons. The van der Waals surface area contributed by atoms with E-state index in [4.69, 9.17) is 9.47 Å². The zero-order chi connectivity index (χ0) is 20.2. The molecule has 1 unspecified atom stereocenters. The van der Waals surface area contributed by atoms with Crippen LogP contribution in [0.4, 0.5) is 5.69 Å². The molecular formula is C23H26N2O4. The summed E-state index contributed by atoms with van der Waals surface area (Å²) in [6, 6.07) is 13.6. The van der Waals surface area contributed by atoms with Crippen LogP contribution in [0.25, 0.3) is 0 Å². The molecule has 0 saturated heterocycles. The van der Waals surface area contributed by atoms with Gasteiger partial charge in [0.25, 0.3) is 0 Å². The summed E-state index contributed by atoms with van der Waals surface area (Å²) in [5.74, 6) is 1.38. The molecular weight excluding hydrogens is 368 g/mol. The highest BCUT2D eigenvalue weighted by molar-refractivity contribution is 5.96. The second-order valence-electron chi connectivity index (χ2n) is 7.47. The van der Waals surface area contributed by atoms with Gasteiger partial charge < -0.3 is 19.7 Å². The predicted octanol–water partition coefficient (Wildman–Crippen LogP) is 3.40. The van der Waals surface area contributed by atoms with E-state index in [9.17, 15) is 9.59 Å². The van der Waals surface area contributed by atoms with Gasteiger partial charge in [-0.15, -0.1) is 0 Å². The van der Waals surface area contributed by atoms with Crippen LogP contribution < -0.4 is 14.8 Å². The van der Waals surface area contributed by atoms with Crippen molar-refractivity contribution < 1.29 is 19.1 Å². The minimum absolute atomic E-state index is 0.00591. The highest BCUT2D eigenvalue weighted by atomic mass is 16.6. The van der Waals surface area contributed by atoms with E-state index in [1.54, 1.807) is 0 Å². The number of carbonyl (C=O) groups is 2. The number of amides is 2.